The number of hydrogen-bond acceptors (Lipinski definition) is 0. The summed E-state index contributed by atoms with van der Waals surface area (Å²) in [6.07, 6.45) is 0. The Bertz CT molecular complexity index is 21.5. The fourth-order valence-electron chi connectivity index (χ4n) is 0. The first-order chi connectivity index (χ1) is 2.27. The topological polar surface area (TPSA) is 28.5 Å². The van der Waals surface area contributed by atoms with Gasteiger partial charge in [0.2, 0.25) is 0 Å². The van der Waals surface area contributed by atoms with Crippen molar-refractivity contribution in [1.29, 1.82) is 0 Å². The molecule has 6 heavy (non-hydrogen) atoms. The fourth-order valence-corrected chi connectivity index (χ4v) is 0. The summed E-state index contributed by atoms with van der Waals surface area (Å²) >= 11 is 2.69. The average Bonchev–Trinajstić information content (AvgIpc) is 1.38. The molecule has 0 aromatic rings. The molecule has 0 aliphatic heterocycles. The Labute approximate surface area is 47.5 Å². The molecule has 0 saturated heterocycles. The Hall–Kier alpha value is 0.492. The minimum Gasteiger partial charge on any atom is -2.00 e. The zero-order valence-electron chi connectivity index (χ0n) is 4.27. The first kappa shape index (κ1) is 9.70. The van der Waals surface area contributed by atoms with Gasteiger partial charge in [0.15, 0.2) is 0 Å². The molecule has 0 amide bonds. The standard InChI is InChI=1S/C4H9.Al.O/c1-4(2)3;;/h4H,1H2,2-3H3;;/q;+2;-2. The molecule has 0 radical (unpaired) electrons. The molecule has 34 valence electrons. The molecule has 0 bridgehead atoms. The molecule has 0 heterocycles. The second-order valence-electron chi connectivity index (χ2n) is 1.63. The van der Waals surface area contributed by atoms with Crippen LogP contribution in [0.1, 0.15) is 13.8 Å². The molecule has 0 aliphatic carbocycles. The van der Waals surface area contributed by atoms with E-state index < -0.39 is 0 Å². The van der Waals surface area contributed by atoms with E-state index in [4.69, 9.17) is 0 Å². The van der Waals surface area contributed by atoms with Crippen molar-refractivity contribution in [2.45, 2.75) is 19.1 Å². The third-order valence-corrected chi connectivity index (χ3v) is 1.41. The molecule has 0 saturated carbocycles. The Balaban J connectivity index is 0. The van der Waals surface area contributed by atoms with E-state index in [1.54, 1.807) is 0 Å². The number of hydrogen-bond donors (Lipinski definition) is 0. The first-order valence-electron chi connectivity index (χ1n) is 1.97. The van der Waals surface area contributed by atoms with E-state index in [1.807, 2.05) is 0 Å². The zero-order chi connectivity index (χ0) is 4.28. The normalized spacial score (nSPS) is 8.17. The minimum absolute atomic E-state index is 0. The van der Waals surface area contributed by atoms with Crippen LogP contribution < -0.4 is 0 Å². The Kier molecular flexibility index (Phi) is 8.88. The third-order valence-electron chi connectivity index (χ3n) is 0.471. The van der Waals surface area contributed by atoms with Gasteiger partial charge in [-0.3, -0.25) is 0 Å². The maximum absolute atomic E-state index is 2.69. The summed E-state index contributed by atoms with van der Waals surface area (Å²) in [7, 11) is 0. The van der Waals surface area contributed by atoms with Crippen molar-refractivity contribution < 1.29 is 5.48 Å². The smallest absolute Gasteiger partial charge is 2.00 e. The van der Waals surface area contributed by atoms with Crippen LogP contribution >= 0.6 is 0 Å². The SMILES string of the molecule is CC(C)[CH2][Al+2].[O-2]. The van der Waals surface area contributed by atoms with E-state index >= 15 is 0 Å². The monoisotopic (exact) mass is 100 g/mol. The second kappa shape index (κ2) is 5.49. The van der Waals surface area contributed by atoms with Crippen LogP contribution in [0.3, 0.4) is 0 Å². The maximum atomic E-state index is 2.69. The predicted octanol–water partition coefficient (Wildman–Crippen LogP) is 1.11. The summed E-state index contributed by atoms with van der Waals surface area (Å²) in [4.78, 5) is 0. The summed E-state index contributed by atoms with van der Waals surface area (Å²) in [6, 6.07) is 0. The van der Waals surface area contributed by atoms with Crippen LogP contribution in [0.2, 0.25) is 5.28 Å². The van der Waals surface area contributed by atoms with Crippen LogP contribution in [-0.2, 0) is 5.48 Å². The fraction of sp³-hybridized carbons (Fsp3) is 1.00. The maximum Gasteiger partial charge on any atom is -2.00 e. The van der Waals surface area contributed by atoms with Gasteiger partial charge in [0.25, 0.3) is 0 Å². The van der Waals surface area contributed by atoms with Gasteiger partial charge in [-0.1, -0.05) is 0 Å². The summed E-state index contributed by atoms with van der Waals surface area (Å²) in [6.45, 7) is 4.40. The van der Waals surface area contributed by atoms with Crippen molar-refractivity contribution >= 4 is 16.3 Å². The molecular formula is C4H9AlO. The van der Waals surface area contributed by atoms with Gasteiger partial charge in [-0.15, -0.1) is 0 Å². The first-order valence-corrected chi connectivity index (χ1v) is 2.79. The van der Waals surface area contributed by atoms with Gasteiger partial charge in [0.1, 0.15) is 0 Å². The molecule has 1 nitrogen and oxygen atoms in total. The molecular weight excluding hydrogens is 91.0 g/mol. The summed E-state index contributed by atoms with van der Waals surface area (Å²) in [5.74, 6) is 0.847. The van der Waals surface area contributed by atoms with Gasteiger partial charge < -0.3 is 5.48 Å². The van der Waals surface area contributed by atoms with E-state index in [0.29, 0.717) is 0 Å². The van der Waals surface area contributed by atoms with Crippen LogP contribution in [0, 0.1) is 5.92 Å². The quantitative estimate of drug-likeness (QED) is 0.441. The van der Waals surface area contributed by atoms with Crippen molar-refractivity contribution in [3.8, 4) is 0 Å². The Morgan fingerprint density at radius 2 is 1.67 bits per heavy atom. The van der Waals surface area contributed by atoms with Crippen molar-refractivity contribution in [2.24, 2.45) is 5.92 Å². The molecule has 0 fully saturated rings. The van der Waals surface area contributed by atoms with Crippen LogP contribution in [0.5, 0.6) is 0 Å². The van der Waals surface area contributed by atoms with Crippen LogP contribution in [-0.4, -0.2) is 16.3 Å². The number of rotatable bonds is 1. The van der Waals surface area contributed by atoms with Crippen molar-refractivity contribution in [3.63, 3.8) is 0 Å². The molecule has 2 heteroatoms. The van der Waals surface area contributed by atoms with Crippen molar-refractivity contribution in [3.05, 3.63) is 0 Å². The Morgan fingerprint density at radius 1 is 1.50 bits per heavy atom. The summed E-state index contributed by atoms with van der Waals surface area (Å²) in [5, 5.41) is 1.22. The Morgan fingerprint density at radius 3 is 1.67 bits per heavy atom. The van der Waals surface area contributed by atoms with Crippen molar-refractivity contribution in [1.82, 2.24) is 0 Å². The van der Waals surface area contributed by atoms with Gasteiger partial charge >= 0.3 is 41.3 Å². The van der Waals surface area contributed by atoms with E-state index in [9.17, 15) is 0 Å². The molecule has 0 aromatic carbocycles. The van der Waals surface area contributed by atoms with E-state index in [-0.39, 0.29) is 5.48 Å². The predicted molar refractivity (Wildman–Crippen MR) is 26.1 cm³/mol. The molecule has 0 aliphatic rings. The summed E-state index contributed by atoms with van der Waals surface area (Å²) < 4.78 is 0. The average molecular weight is 100 g/mol. The minimum atomic E-state index is 0. The third kappa shape index (κ3) is 8.82. The summed E-state index contributed by atoms with van der Waals surface area (Å²) in [5.41, 5.74) is 0. The van der Waals surface area contributed by atoms with E-state index in [2.05, 4.69) is 30.1 Å². The van der Waals surface area contributed by atoms with Gasteiger partial charge in [-0.05, 0) is 0 Å². The zero-order valence-corrected chi connectivity index (χ0v) is 5.42. The van der Waals surface area contributed by atoms with E-state index in [0.717, 1.165) is 5.92 Å². The van der Waals surface area contributed by atoms with Crippen molar-refractivity contribution in [2.75, 3.05) is 0 Å². The molecule has 0 unspecified atom stereocenters. The van der Waals surface area contributed by atoms with Gasteiger partial charge in [-0.25, -0.2) is 0 Å². The van der Waals surface area contributed by atoms with Gasteiger partial charge in [0.05, 0.1) is 0 Å². The molecule has 0 rings (SSSR count). The second-order valence-corrected chi connectivity index (χ2v) is 2.10. The van der Waals surface area contributed by atoms with Crippen LogP contribution in [0.25, 0.3) is 0 Å². The van der Waals surface area contributed by atoms with Crippen LogP contribution in [0.4, 0.5) is 0 Å². The van der Waals surface area contributed by atoms with Gasteiger partial charge in [0, 0.05) is 0 Å². The largest absolute Gasteiger partial charge is 2.00 e. The van der Waals surface area contributed by atoms with E-state index in [1.165, 1.54) is 5.28 Å². The van der Waals surface area contributed by atoms with Crippen LogP contribution in [0.15, 0.2) is 0 Å². The molecule has 0 atom stereocenters. The molecule has 0 spiro atoms. The molecule has 0 N–H and O–H groups in total. The van der Waals surface area contributed by atoms with Gasteiger partial charge in [-0.2, -0.15) is 0 Å². The molecule has 0 aromatic heterocycles.